The lowest BCUT2D eigenvalue weighted by molar-refractivity contribution is -0.0252. The fraction of sp³-hybridized carbons (Fsp3) is 1.00. The lowest BCUT2D eigenvalue weighted by Gasteiger charge is -2.41. The quantitative estimate of drug-likeness (QED) is 0.787. The zero-order valence-electron chi connectivity index (χ0n) is 11.9. The van der Waals surface area contributed by atoms with Crippen molar-refractivity contribution in [3.8, 4) is 0 Å². The van der Waals surface area contributed by atoms with E-state index in [1.54, 1.807) is 0 Å². The molecule has 2 bridgehead atoms. The van der Waals surface area contributed by atoms with Crippen LogP contribution in [0.3, 0.4) is 0 Å². The number of hydrogen-bond donors (Lipinski definition) is 1. The third-order valence-corrected chi connectivity index (χ3v) is 5.33. The van der Waals surface area contributed by atoms with Gasteiger partial charge in [-0.25, -0.2) is 0 Å². The molecule has 0 spiro atoms. The Morgan fingerprint density at radius 2 is 1.82 bits per heavy atom. The van der Waals surface area contributed by atoms with E-state index in [0.29, 0.717) is 17.9 Å². The maximum absolute atomic E-state index is 10.1. The van der Waals surface area contributed by atoms with Crippen molar-refractivity contribution < 1.29 is 9.53 Å². The molecule has 2 saturated carbocycles. The first-order chi connectivity index (χ1) is 7.79. The van der Waals surface area contributed by atoms with Crippen LogP contribution in [0.15, 0.2) is 0 Å². The summed E-state index contributed by atoms with van der Waals surface area (Å²) in [6.45, 7) is 11.4. The molecule has 100 valence electrons. The number of fused-ring (bicyclic) bond motifs is 2. The predicted octanol–water partition coefficient (Wildman–Crippen LogP) is 2.81. The molecule has 17 heavy (non-hydrogen) atoms. The van der Waals surface area contributed by atoms with Gasteiger partial charge >= 0.3 is 0 Å². The Morgan fingerprint density at radius 3 is 2.24 bits per heavy atom. The van der Waals surface area contributed by atoms with E-state index in [4.69, 9.17) is 4.43 Å². The summed E-state index contributed by atoms with van der Waals surface area (Å²) in [6, 6.07) is 0. The molecular weight excluding hydrogens is 228 g/mol. The van der Waals surface area contributed by atoms with Crippen LogP contribution in [0.1, 0.15) is 40.0 Å². The molecule has 2 aliphatic rings. The molecule has 3 heteroatoms. The zero-order chi connectivity index (χ0) is 12.8. The van der Waals surface area contributed by atoms with Gasteiger partial charge in [-0.2, -0.15) is 0 Å². The molecule has 1 N–H and O–H groups in total. The summed E-state index contributed by atoms with van der Waals surface area (Å²) in [5, 5.41) is 10.1. The van der Waals surface area contributed by atoms with Crippen LogP contribution in [0.2, 0.25) is 13.1 Å². The second-order valence-corrected chi connectivity index (χ2v) is 9.81. The van der Waals surface area contributed by atoms with Gasteiger partial charge in [0.05, 0.1) is 12.2 Å². The van der Waals surface area contributed by atoms with Crippen LogP contribution in [-0.2, 0) is 4.43 Å². The topological polar surface area (TPSA) is 29.5 Å². The van der Waals surface area contributed by atoms with Crippen LogP contribution < -0.4 is 0 Å². The Hall–Kier alpha value is 0.137. The van der Waals surface area contributed by atoms with Crippen LogP contribution in [-0.4, -0.2) is 26.4 Å². The monoisotopic (exact) mass is 256 g/mol. The van der Waals surface area contributed by atoms with Crippen molar-refractivity contribution in [3.63, 3.8) is 0 Å². The van der Waals surface area contributed by atoms with Gasteiger partial charge in [0.1, 0.15) is 0 Å². The summed E-state index contributed by atoms with van der Waals surface area (Å²) < 4.78 is 6.33. The molecule has 2 nitrogen and oxygen atoms in total. The predicted molar refractivity (Wildman–Crippen MR) is 73.5 cm³/mol. The third-order valence-electron chi connectivity index (χ3n) is 4.49. The molecule has 2 fully saturated rings. The van der Waals surface area contributed by atoms with Crippen molar-refractivity contribution in [2.75, 3.05) is 0 Å². The van der Waals surface area contributed by atoms with Crippen LogP contribution in [0.25, 0.3) is 0 Å². The van der Waals surface area contributed by atoms with Crippen molar-refractivity contribution >= 4 is 9.04 Å². The molecule has 0 radical (unpaired) electrons. The number of aliphatic hydroxyl groups is 1. The number of rotatable bonds is 3. The van der Waals surface area contributed by atoms with E-state index in [1.807, 2.05) is 0 Å². The maximum atomic E-state index is 10.1. The standard InChI is InChI=1S/C14H28O2Si/c1-14(2,3)13(16-17(4)5)11-7-9-6-10(11)12(15)8-9/h9-13,15,17H,6-8H2,1-5H3/t9?,10?,11?,12-,13?/m1/s1. The van der Waals surface area contributed by atoms with Gasteiger partial charge in [0.25, 0.3) is 0 Å². The maximum Gasteiger partial charge on any atom is 0.171 e. The molecule has 2 rings (SSSR count). The minimum atomic E-state index is -1.01. The average molecular weight is 256 g/mol. The van der Waals surface area contributed by atoms with Gasteiger partial charge in [0.15, 0.2) is 9.04 Å². The van der Waals surface area contributed by atoms with Crippen molar-refractivity contribution in [2.24, 2.45) is 23.2 Å². The van der Waals surface area contributed by atoms with Crippen molar-refractivity contribution in [1.29, 1.82) is 0 Å². The Morgan fingerprint density at radius 1 is 1.18 bits per heavy atom. The average Bonchev–Trinajstić information content (AvgIpc) is 2.69. The molecule has 0 aromatic rings. The minimum Gasteiger partial charge on any atom is -0.417 e. The highest BCUT2D eigenvalue weighted by Crippen LogP contribution is 2.52. The van der Waals surface area contributed by atoms with Crippen molar-refractivity contribution in [2.45, 2.75) is 65.3 Å². The van der Waals surface area contributed by atoms with Gasteiger partial charge < -0.3 is 9.53 Å². The SMILES string of the molecule is C[SiH](C)OC(C1CC2CC1[C@H](O)C2)C(C)(C)C. The normalized spacial score (nSPS) is 39.0. The van der Waals surface area contributed by atoms with Gasteiger partial charge in [-0.3, -0.25) is 0 Å². The second-order valence-electron chi connectivity index (χ2n) is 7.44. The van der Waals surface area contributed by atoms with Crippen molar-refractivity contribution in [3.05, 3.63) is 0 Å². The molecule has 0 saturated heterocycles. The van der Waals surface area contributed by atoms with Gasteiger partial charge in [-0.05, 0) is 55.5 Å². The van der Waals surface area contributed by atoms with E-state index < -0.39 is 9.04 Å². The molecule has 0 aromatic heterocycles. The fourth-order valence-corrected chi connectivity index (χ4v) is 5.15. The molecule has 0 aliphatic heterocycles. The highest BCUT2D eigenvalue weighted by atomic mass is 28.3. The Labute approximate surface area is 107 Å². The van der Waals surface area contributed by atoms with Crippen LogP contribution >= 0.6 is 0 Å². The van der Waals surface area contributed by atoms with Gasteiger partial charge in [0, 0.05) is 0 Å². The molecule has 2 aliphatic carbocycles. The van der Waals surface area contributed by atoms with Crippen LogP contribution in [0.5, 0.6) is 0 Å². The first-order valence-electron chi connectivity index (χ1n) is 7.12. The Bertz CT molecular complexity index is 272. The van der Waals surface area contributed by atoms with Gasteiger partial charge in [-0.1, -0.05) is 20.8 Å². The summed E-state index contributed by atoms with van der Waals surface area (Å²) in [5.41, 5.74) is 0.201. The van der Waals surface area contributed by atoms with Crippen LogP contribution in [0, 0.1) is 23.2 Å². The minimum absolute atomic E-state index is 0.0546. The lowest BCUT2D eigenvalue weighted by Crippen LogP contribution is -2.44. The van der Waals surface area contributed by atoms with Crippen molar-refractivity contribution in [1.82, 2.24) is 0 Å². The summed E-state index contributed by atoms with van der Waals surface area (Å²) in [7, 11) is -1.01. The molecular formula is C14H28O2Si. The van der Waals surface area contributed by atoms with Crippen LogP contribution in [0.4, 0.5) is 0 Å². The van der Waals surface area contributed by atoms with E-state index in [0.717, 1.165) is 12.3 Å². The molecule has 0 heterocycles. The van der Waals surface area contributed by atoms with E-state index in [-0.39, 0.29) is 11.5 Å². The highest BCUT2D eigenvalue weighted by molar-refractivity contribution is 6.48. The Kier molecular flexibility index (Phi) is 3.73. The van der Waals surface area contributed by atoms with E-state index in [2.05, 4.69) is 33.9 Å². The molecule has 4 unspecified atom stereocenters. The highest BCUT2D eigenvalue weighted by Gasteiger charge is 2.50. The largest absolute Gasteiger partial charge is 0.417 e. The summed E-state index contributed by atoms with van der Waals surface area (Å²) >= 11 is 0. The van der Waals surface area contributed by atoms with Gasteiger partial charge in [-0.15, -0.1) is 0 Å². The molecule has 0 aromatic carbocycles. The first kappa shape index (κ1) is 13.6. The second kappa shape index (κ2) is 4.67. The van der Waals surface area contributed by atoms with E-state index >= 15 is 0 Å². The number of hydrogen-bond acceptors (Lipinski definition) is 2. The third kappa shape index (κ3) is 2.77. The van der Waals surface area contributed by atoms with E-state index in [9.17, 15) is 5.11 Å². The lowest BCUT2D eigenvalue weighted by atomic mass is 9.73. The van der Waals surface area contributed by atoms with E-state index in [1.165, 1.54) is 12.8 Å². The summed E-state index contributed by atoms with van der Waals surface area (Å²) in [6.07, 6.45) is 3.85. The Balaban J connectivity index is 2.11. The smallest absolute Gasteiger partial charge is 0.171 e. The number of aliphatic hydroxyl groups excluding tert-OH is 1. The fourth-order valence-electron chi connectivity index (χ4n) is 3.96. The zero-order valence-corrected chi connectivity index (χ0v) is 13.1. The molecule has 5 atom stereocenters. The van der Waals surface area contributed by atoms with Gasteiger partial charge in [0.2, 0.25) is 0 Å². The first-order valence-corrected chi connectivity index (χ1v) is 9.90. The summed E-state index contributed by atoms with van der Waals surface area (Å²) in [5.74, 6) is 1.87. The molecule has 0 amide bonds. The summed E-state index contributed by atoms with van der Waals surface area (Å²) in [4.78, 5) is 0.